The second-order valence-electron chi connectivity index (χ2n) is 5.24. The van der Waals surface area contributed by atoms with Gasteiger partial charge in [-0.25, -0.2) is 0 Å². The minimum absolute atomic E-state index is 0.786. The molecule has 0 bridgehead atoms. The van der Waals surface area contributed by atoms with Crippen LogP contribution < -0.4 is 10.1 Å². The molecule has 2 fully saturated rings. The Morgan fingerprint density at radius 2 is 1.83 bits per heavy atom. The molecule has 0 radical (unpaired) electrons. The van der Waals surface area contributed by atoms with Crippen molar-refractivity contribution in [2.45, 2.75) is 0 Å². The molecular formula is C14H19BrN2O. The van der Waals surface area contributed by atoms with Gasteiger partial charge < -0.3 is 10.1 Å². The molecule has 0 saturated carbocycles. The first kappa shape index (κ1) is 12.5. The third-order valence-corrected chi connectivity index (χ3v) is 4.48. The number of nitrogens with one attached hydrogen (secondary N) is 1. The van der Waals surface area contributed by atoms with Gasteiger partial charge in [-0.15, -0.1) is 0 Å². The fourth-order valence-electron chi connectivity index (χ4n) is 2.96. The van der Waals surface area contributed by atoms with Gasteiger partial charge >= 0.3 is 0 Å². The minimum atomic E-state index is 0.786. The van der Waals surface area contributed by atoms with E-state index in [1.807, 2.05) is 24.3 Å². The van der Waals surface area contributed by atoms with Crippen molar-refractivity contribution in [3.8, 4) is 5.75 Å². The number of hydrogen-bond acceptors (Lipinski definition) is 3. The summed E-state index contributed by atoms with van der Waals surface area (Å²) in [6, 6.07) is 8.04. The van der Waals surface area contributed by atoms with Crippen molar-refractivity contribution in [3.05, 3.63) is 28.7 Å². The third-order valence-electron chi connectivity index (χ3n) is 3.96. The number of likely N-dealkylation sites (tertiary alicyclic amines) is 1. The van der Waals surface area contributed by atoms with Crippen LogP contribution in [0, 0.1) is 11.8 Å². The van der Waals surface area contributed by atoms with Gasteiger partial charge in [-0.3, -0.25) is 4.90 Å². The van der Waals surface area contributed by atoms with Crippen molar-refractivity contribution in [1.29, 1.82) is 0 Å². The SMILES string of the molecule is Brc1ccc(OCCN2CC3CNCC3C2)cc1. The quantitative estimate of drug-likeness (QED) is 0.920. The molecule has 1 aromatic carbocycles. The topological polar surface area (TPSA) is 24.5 Å². The first-order valence-corrected chi connectivity index (χ1v) is 7.42. The Labute approximate surface area is 117 Å². The largest absolute Gasteiger partial charge is 0.492 e. The number of rotatable bonds is 4. The molecule has 2 aliphatic heterocycles. The molecule has 0 aliphatic carbocycles. The second-order valence-corrected chi connectivity index (χ2v) is 6.16. The zero-order valence-electron chi connectivity index (χ0n) is 10.4. The zero-order valence-corrected chi connectivity index (χ0v) is 12.0. The van der Waals surface area contributed by atoms with Crippen LogP contribution in [0.1, 0.15) is 0 Å². The van der Waals surface area contributed by atoms with Crippen LogP contribution in [0.4, 0.5) is 0 Å². The molecular weight excluding hydrogens is 292 g/mol. The molecule has 3 rings (SSSR count). The van der Waals surface area contributed by atoms with E-state index in [4.69, 9.17) is 4.74 Å². The van der Waals surface area contributed by atoms with Gasteiger partial charge in [0.15, 0.2) is 0 Å². The summed E-state index contributed by atoms with van der Waals surface area (Å²) >= 11 is 3.43. The van der Waals surface area contributed by atoms with Crippen molar-refractivity contribution in [3.63, 3.8) is 0 Å². The summed E-state index contributed by atoms with van der Waals surface area (Å²) in [5.74, 6) is 2.70. The average Bonchev–Trinajstić information content (AvgIpc) is 2.92. The maximum absolute atomic E-state index is 5.77. The zero-order chi connectivity index (χ0) is 12.4. The standard InChI is InChI=1S/C14H19BrN2O/c15-13-1-3-14(4-2-13)18-6-5-17-9-11-7-16-8-12(11)10-17/h1-4,11-12,16H,5-10H2. The minimum Gasteiger partial charge on any atom is -0.492 e. The lowest BCUT2D eigenvalue weighted by Gasteiger charge is -2.17. The normalized spacial score (nSPS) is 27.4. The van der Waals surface area contributed by atoms with Crippen LogP contribution in [0.5, 0.6) is 5.75 Å². The molecule has 2 aliphatic rings. The highest BCUT2D eigenvalue weighted by molar-refractivity contribution is 9.10. The van der Waals surface area contributed by atoms with Crippen molar-refractivity contribution < 1.29 is 4.74 Å². The molecule has 2 atom stereocenters. The number of nitrogens with zero attached hydrogens (tertiary/aromatic N) is 1. The van der Waals surface area contributed by atoms with Crippen LogP contribution >= 0.6 is 15.9 Å². The highest BCUT2D eigenvalue weighted by atomic mass is 79.9. The number of fused-ring (bicyclic) bond motifs is 1. The Morgan fingerprint density at radius 3 is 2.50 bits per heavy atom. The molecule has 0 aromatic heterocycles. The molecule has 2 saturated heterocycles. The maximum atomic E-state index is 5.77. The molecule has 2 heterocycles. The lowest BCUT2D eigenvalue weighted by Crippen LogP contribution is -2.29. The third kappa shape index (κ3) is 2.87. The van der Waals surface area contributed by atoms with Gasteiger partial charge in [0.25, 0.3) is 0 Å². The highest BCUT2D eigenvalue weighted by Crippen LogP contribution is 2.25. The van der Waals surface area contributed by atoms with E-state index in [1.54, 1.807) is 0 Å². The summed E-state index contributed by atoms with van der Waals surface area (Å²) in [6.07, 6.45) is 0. The van der Waals surface area contributed by atoms with E-state index in [9.17, 15) is 0 Å². The molecule has 98 valence electrons. The van der Waals surface area contributed by atoms with Crippen LogP contribution in [0.15, 0.2) is 28.7 Å². The first-order chi connectivity index (χ1) is 8.81. The Bertz CT molecular complexity index is 383. The van der Waals surface area contributed by atoms with Crippen molar-refractivity contribution in [2.75, 3.05) is 39.3 Å². The summed E-state index contributed by atoms with van der Waals surface area (Å²) in [5, 5.41) is 3.47. The first-order valence-electron chi connectivity index (χ1n) is 6.63. The number of ether oxygens (including phenoxy) is 1. The number of benzene rings is 1. The average molecular weight is 311 g/mol. The van der Waals surface area contributed by atoms with Gasteiger partial charge in [0, 0.05) is 24.1 Å². The summed E-state index contributed by atoms with van der Waals surface area (Å²) in [6.45, 7) is 6.71. The van der Waals surface area contributed by atoms with Gasteiger partial charge in [-0.05, 0) is 49.2 Å². The molecule has 2 unspecified atom stereocenters. The van der Waals surface area contributed by atoms with Crippen LogP contribution in [-0.4, -0.2) is 44.2 Å². The van der Waals surface area contributed by atoms with Gasteiger partial charge in [-0.1, -0.05) is 15.9 Å². The van der Waals surface area contributed by atoms with Crippen LogP contribution in [0.2, 0.25) is 0 Å². The molecule has 0 amide bonds. The van der Waals surface area contributed by atoms with E-state index in [2.05, 4.69) is 26.1 Å². The summed E-state index contributed by atoms with van der Waals surface area (Å²) < 4.78 is 6.86. The van der Waals surface area contributed by atoms with E-state index in [0.29, 0.717) is 0 Å². The van der Waals surface area contributed by atoms with E-state index in [1.165, 1.54) is 26.2 Å². The molecule has 4 heteroatoms. The lowest BCUT2D eigenvalue weighted by atomic mass is 10.0. The fraction of sp³-hybridized carbons (Fsp3) is 0.571. The fourth-order valence-corrected chi connectivity index (χ4v) is 3.22. The van der Waals surface area contributed by atoms with Crippen LogP contribution in [0.25, 0.3) is 0 Å². The second kappa shape index (κ2) is 5.59. The Hall–Kier alpha value is -0.580. The van der Waals surface area contributed by atoms with Crippen molar-refractivity contribution >= 4 is 15.9 Å². The van der Waals surface area contributed by atoms with Gasteiger partial charge in [0.05, 0.1) is 0 Å². The highest BCUT2D eigenvalue weighted by Gasteiger charge is 2.35. The maximum Gasteiger partial charge on any atom is 0.119 e. The van der Waals surface area contributed by atoms with Gasteiger partial charge in [0.2, 0.25) is 0 Å². The predicted octanol–water partition coefficient (Wildman–Crippen LogP) is 1.98. The Balaban J connectivity index is 1.41. The molecule has 1 N–H and O–H groups in total. The van der Waals surface area contributed by atoms with E-state index >= 15 is 0 Å². The lowest BCUT2D eigenvalue weighted by molar-refractivity contribution is 0.228. The smallest absolute Gasteiger partial charge is 0.119 e. The Morgan fingerprint density at radius 1 is 1.17 bits per heavy atom. The molecule has 18 heavy (non-hydrogen) atoms. The molecule has 1 aromatic rings. The van der Waals surface area contributed by atoms with E-state index in [-0.39, 0.29) is 0 Å². The summed E-state index contributed by atoms with van der Waals surface area (Å²) in [7, 11) is 0. The molecule has 3 nitrogen and oxygen atoms in total. The number of hydrogen-bond donors (Lipinski definition) is 1. The van der Waals surface area contributed by atoms with Gasteiger partial charge in [0.1, 0.15) is 12.4 Å². The Kier molecular flexibility index (Phi) is 3.87. The predicted molar refractivity (Wildman–Crippen MR) is 75.9 cm³/mol. The number of halogens is 1. The van der Waals surface area contributed by atoms with E-state index < -0.39 is 0 Å². The van der Waals surface area contributed by atoms with Crippen molar-refractivity contribution in [1.82, 2.24) is 10.2 Å². The van der Waals surface area contributed by atoms with Crippen molar-refractivity contribution in [2.24, 2.45) is 11.8 Å². The molecule has 0 spiro atoms. The summed E-state index contributed by atoms with van der Waals surface area (Å²) in [5.41, 5.74) is 0. The summed E-state index contributed by atoms with van der Waals surface area (Å²) in [4.78, 5) is 2.54. The monoisotopic (exact) mass is 310 g/mol. The van der Waals surface area contributed by atoms with Crippen LogP contribution in [0.3, 0.4) is 0 Å². The van der Waals surface area contributed by atoms with Gasteiger partial charge in [-0.2, -0.15) is 0 Å². The van der Waals surface area contributed by atoms with Crippen LogP contribution in [-0.2, 0) is 0 Å². The van der Waals surface area contributed by atoms with E-state index in [0.717, 1.165) is 35.2 Å².